The number of aromatic nitrogens is 4. The fourth-order valence-corrected chi connectivity index (χ4v) is 4.38. The van der Waals surface area contributed by atoms with Crippen molar-refractivity contribution in [1.29, 1.82) is 0 Å². The van der Waals surface area contributed by atoms with Crippen LogP contribution >= 0.6 is 11.8 Å². The first kappa shape index (κ1) is 20.2. The second kappa shape index (κ2) is 8.75. The summed E-state index contributed by atoms with van der Waals surface area (Å²) in [5.74, 6) is 1.72. The van der Waals surface area contributed by atoms with Crippen LogP contribution in [0.3, 0.4) is 0 Å². The van der Waals surface area contributed by atoms with Crippen LogP contribution in [0.4, 0.5) is 0 Å². The number of Topliss-reactive ketones (excluding diaryl/α,β-unsaturated/α-hetero) is 1. The Kier molecular flexibility index (Phi) is 5.90. The summed E-state index contributed by atoms with van der Waals surface area (Å²) >= 11 is 1.39. The fraction of sp³-hybridized carbons (Fsp3) is 0.261. The van der Waals surface area contributed by atoms with Gasteiger partial charge in [0.25, 0.3) is 0 Å². The first-order valence-electron chi connectivity index (χ1n) is 9.84. The highest BCUT2D eigenvalue weighted by atomic mass is 32.2. The number of ketones is 1. The third-order valence-corrected chi connectivity index (χ3v) is 6.27. The van der Waals surface area contributed by atoms with Crippen molar-refractivity contribution < 1.29 is 9.21 Å². The van der Waals surface area contributed by atoms with Gasteiger partial charge in [-0.1, -0.05) is 42.1 Å². The molecule has 6 nitrogen and oxygen atoms in total. The lowest BCUT2D eigenvalue weighted by molar-refractivity contribution is 0.102. The minimum Gasteiger partial charge on any atom is -0.461 e. The summed E-state index contributed by atoms with van der Waals surface area (Å²) < 4.78 is 9.46. The molecule has 0 bridgehead atoms. The molecule has 7 heteroatoms. The van der Waals surface area contributed by atoms with Gasteiger partial charge in [0.15, 0.2) is 22.5 Å². The molecule has 4 aromatic rings. The summed E-state index contributed by atoms with van der Waals surface area (Å²) in [7, 11) is 1.88. The average molecular weight is 421 g/mol. The van der Waals surface area contributed by atoms with E-state index in [-0.39, 0.29) is 5.78 Å². The van der Waals surface area contributed by atoms with Crippen molar-refractivity contribution in [1.82, 2.24) is 19.3 Å². The number of hydrogen-bond donors (Lipinski definition) is 0. The van der Waals surface area contributed by atoms with Gasteiger partial charge in [-0.05, 0) is 44.0 Å². The van der Waals surface area contributed by atoms with Crippen molar-refractivity contribution in [3.8, 4) is 11.6 Å². The van der Waals surface area contributed by atoms with E-state index in [0.717, 1.165) is 29.9 Å². The summed E-state index contributed by atoms with van der Waals surface area (Å²) in [5.41, 5.74) is 4.20. The van der Waals surface area contributed by atoms with Gasteiger partial charge in [0.2, 0.25) is 0 Å². The molecule has 1 aromatic carbocycles. The molecule has 0 unspecified atom stereocenters. The zero-order chi connectivity index (χ0) is 21.1. The van der Waals surface area contributed by atoms with E-state index < -0.39 is 0 Å². The van der Waals surface area contributed by atoms with E-state index in [0.29, 0.717) is 22.5 Å². The summed E-state index contributed by atoms with van der Waals surface area (Å²) in [6.07, 6.45) is 2.54. The number of carbonyl (C=O) groups is 1. The first-order chi connectivity index (χ1) is 14.5. The zero-order valence-electron chi connectivity index (χ0n) is 17.3. The van der Waals surface area contributed by atoms with E-state index in [4.69, 9.17) is 4.42 Å². The molecule has 0 amide bonds. The number of benzene rings is 1. The van der Waals surface area contributed by atoms with Crippen LogP contribution in [0, 0.1) is 13.8 Å². The van der Waals surface area contributed by atoms with Crippen LogP contribution in [0.15, 0.2) is 64.4 Å². The highest BCUT2D eigenvalue weighted by Gasteiger charge is 2.18. The van der Waals surface area contributed by atoms with Crippen LogP contribution in [0.25, 0.3) is 11.6 Å². The van der Waals surface area contributed by atoms with Crippen molar-refractivity contribution in [2.75, 3.05) is 5.75 Å². The molecule has 0 saturated heterocycles. The zero-order valence-corrected chi connectivity index (χ0v) is 18.1. The second-order valence-corrected chi connectivity index (χ2v) is 8.17. The monoisotopic (exact) mass is 420 g/mol. The second-order valence-electron chi connectivity index (χ2n) is 7.23. The number of hydrogen-bond acceptors (Lipinski definition) is 5. The number of furan rings is 1. The van der Waals surface area contributed by atoms with Gasteiger partial charge in [0, 0.05) is 30.5 Å². The van der Waals surface area contributed by atoms with E-state index in [1.54, 1.807) is 6.26 Å². The first-order valence-corrected chi connectivity index (χ1v) is 10.8. The fourth-order valence-electron chi connectivity index (χ4n) is 3.58. The van der Waals surface area contributed by atoms with Gasteiger partial charge in [-0.3, -0.25) is 4.79 Å². The Balaban J connectivity index is 1.43. The topological polar surface area (TPSA) is 65.8 Å². The van der Waals surface area contributed by atoms with Gasteiger partial charge in [-0.25, -0.2) is 0 Å². The minimum absolute atomic E-state index is 0.0987. The van der Waals surface area contributed by atoms with Gasteiger partial charge >= 0.3 is 0 Å². The van der Waals surface area contributed by atoms with E-state index in [1.807, 2.05) is 42.8 Å². The molecule has 0 aliphatic rings. The lowest BCUT2D eigenvalue weighted by Gasteiger charge is -2.10. The Morgan fingerprint density at radius 2 is 1.90 bits per heavy atom. The van der Waals surface area contributed by atoms with Gasteiger partial charge < -0.3 is 13.6 Å². The molecular weight excluding hydrogens is 396 g/mol. The van der Waals surface area contributed by atoms with Crippen LogP contribution in [0.2, 0.25) is 0 Å². The van der Waals surface area contributed by atoms with Gasteiger partial charge in [-0.2, -0.15) is 0 Å². The predicted molar refractivity (Wildman–Crippen MR) is 118 cm³/mol. The van der Waals surface area contributed by atoms with E-state index in [1.165, 1.54) is 17.3 Å². The predicted octanol–water partition coefficient (Wildman–Crippen LogP) is 4.71. The summed E-state index contributed by atoms with van der Waals surface area (Å²) in [5, 5.41) is 9.07. The molecule has 0 fully saturated rings. The highest BCUT2D eigenvalue weighted by molar-refractivity contribution is 7.99. The number of nitrogens with zero attached hydrogens (tertiary/aromatic N) is 4. The molecule has 0 spiro atoms. The van der Waals surface area contributed by atoms with Crippen molar-refractivity contribution >= 4 is 17.5 Å². The molecule has 0 radical (unpaired) electrons. The van der Waals surface area contributed by atoms with Crippen LogP contribution < -0.4 is 0 Å². The van der Waals surface area contributed by atoms with Crippen molar-refractivity contribution in [3.63, 3.8) is 0 Å². The lowest BCUT2D eigenvalue weighted by atomic mass is 10.1. The summed E-state index contributed by atoms with van der Waals surface area (Å²) in [4.78, 5) is 12.9. The van der Waals surface area contributed by atoms with Crippen molar-refractivity contribution in [3.05, 3.63) is 77.3 Å². The van der Waals surface area contributed by atoms with E-state index in [2.05, 4.69) is 46.0 Å². The van der Waals surface area contributed by atoms with Crippen molar-refractivity contribution in [2.45, 2.75) is 32.0 Å². The van der Waals surface area contributed by atoms with E-state index >= 15 is 0 Å². The Bertz CT molecular complexity index is 1140. The number of thioether (sulfide) groups is 1. The molecule has 3 heterocycles. The number of carbonyl (C=O) groups excluding carboxylic acids is 1. The quantitative estimate of drug-likeness (QED) is 0.305. The van der Waals surface area contributed by atoms with Gasteiger partial charge in [0.1, 0.15) is 0 Å². The molecule has 3 aromatic heterocycles. The third kappa shape index (κ3) is 4.11. The molecule has 0 atom stereocenters. The normalized spacial score (nSPS) is 11.2. The molecule has 4 rings (SSSR count). The maximum atomic E-state index is 12.9. The average Bonchev–Trinajstić information content (AvgIpc) is 3.46. The number of aryl methyl sites for hydroxylation is 2. The standard InChI is InChI=1S/C23H24N4O2S/c1-16-14-19(17(2)27(16)12-11-18-8-5-4-6-9-18)20(28)15-30-23-25-24-22(26(23)3)21-10-7-13-29-21/h4-10,13-14H,11-12,15H2,1-3H3. The number of rotatable bonds is 8. The SMILES string of the molecule is Cc1cc(C(=O)CSc2nnc(-c3ccco3)n2C)c(C)n1CCc1ccccc1. The Hall–Kier alpha value is -3.06. The molecule has 0 saturated carbocycles. The molecule has 0 aliphatic carbocycles. The molecule has 30 heavy (non-hydrogen) atoms. The van der Waals surface area contributed by atoms with E-state index in [9.17, 15) is 4.79 Å². The van der Waals surface area contributed by atoms with Crippen LogP contribution in [-0.2, 0) is 20.0 Å². The highest BCUT2D eigenvalue weighted by Crippen LogP contribution is 2.25. The lowest BCUT2D eigenvalue weighted by Crippen LogP contribution is -2.08. The summed E-state index contributed by atoms with van der Waals surface area (Å²) in [6.45, 7) is 4.94. The minimum atomic E-state index is 0.0987. The maximum Gasteiger partial charge on any atom is 0.200 e. The Morgan fingerprint density at radius 3 is 2.63 bits per heavy atom. The molecular formula is C23H24N4O2S. The molecule has 0 aliphatic heterocycles. The summed E-state index contributed by atoms with van der Waals surface area (Å²) in [6, 6.07) is 16.1. The van der Waals surface area contributed by atoms with Gasteiger partial charge in [-0.15, -0.1) is 10.2 Å². The molecule has 0 N–H and O–H groups in total. The van der Waals surface area contributed by atoms with Crippen LogP contribution in [0.1, 0.15) is 27.3 Å². The van der Waals surface area contributed by atoms with Gasteiger partial charge in [0.05, 0.1) is 12.0 Å². The smallest absolute Gasteiger partial charge is 0.200 e. The van der Waals surface area contributed by atoms with Crippen LogP contribution in [0.5, 0.6) is 0 Å². The Morgan fingerprint density at radius 1 is 1.10 bits per heavy atom. The maximum absolute atomic E-state index is 12.9. The van der Waals surface area contributed by atoms with Crippen LogP contribution in [-0.4, -0.2) is 30.9 Å². The third-order valence-electron chi connectivity index (χ3n) is 5.25. The largest absolute Gasteiger partial charge is 0.461 e. The molecule has 154 valence electrons. The van der Waals surface area contributed by atoms with Crippen molar-refractivity contribution in [2.24, 2.45) is 7.05 Å². The Labute approximate surface area is 179 Å².